The summed E-state index contributed by atoms with van der Waals surface area (Å²) in [5.74, 6) is 0.917. The standard InChI is InChI=1S/C15H17N5O2S.ClH/c16-14-13(12-2-1-9-23-12)11(3-7-22-8-6-21)18-15(19-14)20-5-4-17-10-20;/h1-2,4-5,9-10,21H,3,6-8H2,(H2,16,18,19);1H. The van der Waals surface area contributed by atoms with Gasteiger partial charge in [0.25, 0.3) is 0 Å². The quantitative estimate of drug-likeness (QED) is 0.619. The van der Waals surface area contributed by atoms with Crippen LogP contribution in [0.5, 0.6) is 0 Å². The third-order valence-electron chi connectivity index (χ3n) is 3.22. The van der Waals surface area contributed by atoms with Crippen molar-refractivity contribution in [1.82, 2.24) is 19.5 Å². The van der Waals surface area contributed by atoms with E-state index in [1.54, 1.807) is 34.6 Å². The molecule has 128 valence electrons. The number of halogens is 1. The first-order valence-corrected chi connectivity index (χ1v) is 8.04. The molecule has 3 aromatic rings. The number of imidazole rings is 1. The summed E-state index contributed by atoms with van der Waals surface area (Å²) in [7, 11) is 0. The fourth-order valence-electron chi connectivity index (χ4n) is 2.21. The van der Waals surface area contributed by atoms with E-state index in [4.69, 9.17) is 15.6 Å². The molecular weight excluding hydrogens is 350 g/mol. The molecule has 3 rings (SSSR count). The molecule has 0 saturated heterocycles. The Bertz CT molecular complexity index is 750. The van der Waals surface area contributed by atoms with Crippen molar-refractivity contribution < 1.29 is 9.84 Å². The number of aliphatic hydroxyl groups excluding tert-OH is 1. The van der Waals surface area contributed by atoms with Gasteiger partial charge in [0.1, 0.15) is 12.1 Å². The number of hydrogen-bond donors (Lipinski definition) is 2. The van der Waals surface area contributed by atoms with E-state index in [2.05, 4.69) is 15.0 Å². The third-order valence-corrected chi connectivity index (χ3v) is 4.11. The van der Waals surface area contributed by atoms with Crippen molar-refractivity contribution in [3.8, 4) is 16.4 Å². The van der Waals surface area contributed by atoms with Gasteiger partial charge in [-0.3, -0.25) is 4.57 Å². The number of rotatable bonds is 7. The highest BCUT2D eigenvalue weighted by Crippen LogP contribution is 2.32. The van der Waals surface area contributed by atoms with Crippen LogP contribution in [-0.2, 0) is 11.2 Å². The van der Waals surface area contributed by atoms with Gasteiger partial charge >= 0.3 is 0 Å². The van der Waals surface area contributed by atoms with Crippen LogP contribution in [0.15, 0.2) is 36.2 Å². The minimum absolute atomic E-state index is 0. The highest BCUT2D eigenvalue weighted by molar-refractivity contribution is 7.13. The predicted molar refractivity (Wildman–Crippen MR) is 95.7 cm³/mol. The molecule has 0 aliphatic heterocycles. The van der Waals surface area contributed by atoms with Gasteiger partial charge in [0, 0.05) is 23.7 Å². The Morgan fingerprint density at radius 3 is 2.83 bits per heavy atom. The summed E-state index contributed by atoms with van der Waals surface area (Å²) >= 11 is 1.59. The summed E-state index contributed by atoms with van der Waals surface area (Å²) in [6, 6.07) is 3.96. The van der Waals surface area contributed by atoms with Crippen LogP contribution in [0, 0.1) is 0 Å². The summed E-state index contributed by atoms with van der Waals surface area (Å²) < 4.78 is 7.08. The molecule has 0 aliphatic rings. The number of nitrogens with zero attached hydrogens (tertiary/aromatic N) is 4. The zero-order valence-corrected chi connectivity index (χ0v) is 14.5. The number of thiophene rings is 1. The van der Waals surface area contributed by atoms with Crippen LogP contribution in [0.1, 0.15) is 5.69 Å². The monoisotopic (exact) mass is 367 g/mol. The molecule has 0 spiro atoms. The third kappa shape index (κ3) is 4.09. The predicted octanol–water partition coefficient (Wildman–Crippen LogP) is 1.95. The Labute approximate surface area is 149 Å². The van der Waals surface area contributed by atoms with E-state index in [9.17, 15) is 0 Å². The number of nitrogen functional groups attached to an aromatic ring is 1. The van der Waals surface area contributed by atoms with E-state index >= 15 is 0 Å². The summed E-state index contributed by atoms with van der Waals surface area (Å²) in [4.78, 5) is 14.1. The molecule has 0 amide bonds. The van der Waals surface area contributed by atoms with Crippen molar-refractivity contribution in [3.05, 3.63) is 41.9 Å². The highest BCUT2D eigenvalue weighted by atomic mass is 35.5. The van der Waals surface area contributed by atoms with Crippen molar-refractivity contribution in [1.29, 1.82) is 0 Å². The van der Waals surface area contributed by atoms with Crippen LogP contribution in [0.4, 0.5) is 5.82 Å². The molecule has 9 heteroatoms. The normalized spacial score (nSPS) is 10.5. The van der Waals surface area contributed by atoms with Crippen molar-refractivity contribution in [2.45, 2.75) is 6.42 Å². The van der Waals surface area contributed by atoms with E-state index in [0.717, 1.165) is 16.1 Å². The van der Waals surface area contributed by atoms with Gasteiger partial charge in [0.15, 0.2) is 0 Å². The van der Waals surface area contributed by atoms with Crippen LogP contribution in [-0.4, -0.2) is 44.4 Å². The lowest BCUT2D eigenvalue weighted by atomic mass is 10.1. The first-order valence-electron chi connectivity index (χ1n) is 7.17. The first-order chi connectivity index (χ1) is 11.3. The SMILES string of the molecule is Cl.Nc1nc(-n2ccnc2)nc(CCOCCO)c1-c1cccs1. The second-order valence-electron chi connectivity index (χ2n) is 4.76. The van der Waals surface area contributed by atoms with Crippen molar-refractivity contribution in [3.63, 3.8) is 0 Å². The Morgan fingerprint density at radius 2 is 2.17 bits per heavy atom. The minimum atomic E-state index is 0. The van der Waals surface area contributed by atoms with E-state index in [1.807, 2.05) is 17.5 Å². The smallest absolute Gasteiger partial charge is 0.237 e. The van der Waals surface area contributed by atoms with Gasteiger partial charge in [-0.2, -0.15) is 4.98 Å². The number of hydrogen-bond acceptors (Lipinski definition) is 7. The van der Waals surface area contributed by atoms with E-state index in [-0.39, 0.29) is 19.0 Å². The first kappa shape index (κ1) is 18.3. The number of nitrogens with two attached hydrogens (primary N) is 1. The maximum Gasteiger partial charge on any atom is 0.237 e. The van der Waals surface area contributed by atoms with Gasteiger partial charge in [-0.1, -0.05) is 6.07 Å². The molecule has 0 bridgehead atoms. The van der Waals surface area contributed by atoms with Gasteiger partial charge in [-0.25, -0.2) is 9.97 Å². The molecule has 0 unspecified atom stereocenters. The fourth-order valence-corrected chi connectivity index (χ4v) is 3.01. The lowest BCUT2D eigenvalue weighted by Gasteiger charge is -2.12. The molecule has 3 N–H and O–H groups in total. The zero-order valence-electron chi connectivity index (χ0n) is 12.8. The summed E-state index contributed by atoms with van der Waals surface area (Å²) in [6.45, 7) is 0.770. The zero-order chi connectivity index (χ0) is 16.1. The Morgan fingerprint density at radius 1 is 1.29 bits per heavy atom. The molecule has 0 fully saturated rings. The maximum absolute atomic E-state index is 8.80. The summed E-state index contributed by atoms with van der Waals surface area (Å²) in [6.07, 6.45) is 5.65. The van der Waals surface area contributed by atoms with Crippen molar-refractivity contribution in [2.75, 3.05) is 25.6 Å². The molecule has 0 saturated carbocycles. The number of aliphatic hydroxyl groups is 1. The van der Waals surface area contributed by atoms with Gasteiger partial charge in [-0.15, -0.1) is 23.7 Å². The number of ether oxygens (including phenoxy) is 1. The van der Waals surface area contributed by atoms with Crippen LogP contribution in [0.25, 0.3) is 16.4 Å². The summed E-state index contributed by atoms with van der Waals surface area (Å²) in [5, 5.41) is 10.8. The highest BCUT2D eigenvalue weighted by Gasteiger charge is 2.16. The molecule has 3 aromatic heterocycles. The van der Waals surface area contributed by atoms with Crippen LogP contribution in [0.2, 0.25) is 0 Å². The number of aromatic nitrogens is 4. The second-order valence-corrected chi connectivity index (χ2v) is 5.71. The fraction of sp³-hybridized carbons (Fsp3) is 0.267. The lowest BCUT2D eigenvalue weighted by Crippen LogP contribution is -2.11. The van der Waals surface area contributed by atoms with Crippen LogP contribution < -0.4 is 5.73 Å². The Hall–Kier alpha value is -2.00. The largest absolute Gasteiger partial charge is 0.394 e. The molecule has 0 aromatic carbocycles. The maximum atomic E-state index is 8.80. The summed E-state index contributed by atoms with van der Waals surface area (Å²) in [5.41, 5.74) is 7.86. The molecule has 0 radical (unpaired) electrons. The average molecular weight is 368 g/mol. The van der Waals surface area contributed by atoms with Gasteiger partial charge < -0.3 is 15.6 Å². The Balaban J connectivity index is 0.00000208. The lowest BCUT2D eigenvalue weighted by molar-refractivity contribution is 0.0941. The molecule has 24 heavy (non-hydrogen) atoms. The van der Waals surface area contributed by atoms with E-state index < -0.39 is 0 Å². The van der Waals surface area contributed by atoms with Gasteiger partial charge in [0.05, 0.1) is 31.1 Å². The molecule has 0 aliphatic carbocycles. The van der Waals surface area contributed by atoms with Gasteiger partial charge in [-0.05, 0) is 11.4 Å². The van der Waals surface area contributed by atoms with E-state index in [0.29, 0.717) is 31.4 Å². The second kappa shape index (κ2) is 8.74. The molecule has 0 atom stereocenters. The molecule has 7 nitrogen and oxygen atoms in total. The van der Waals surface area contributed by atoms with Crippen LogP contribution >= 0.6 is 23.7 Å². The van der Waals surface area contributed by atoms with Crippen molar-refractivity contribution in [2.24, 2.45) is 0 Å². The topological polar surface area (TPSA) is 99.1 Å². The Kier molecular flexibility index (Phi) is 6.68. The van der Waals surface area contributed by atoms with Crippen molar-refractivity contribution >= 4 is 29.6 Å². The minimum Gasteiger partial charge on any atom is -0.394 e. The van der Waals surface area contributed by atoms with Gasteiger partial charge in [0.2, 0.25) is 5.95 Å². The molecule has 3 heterocycles. The van der Waals surface area contributed by atoms with Crippen LogP contribution in [0.3, 0.4) is 0 Å². The average Bonchev–Trinajstić information content (AvgIpc) is 3.24. The molecular formula is C15H18ClN5O2S. The van der Waals surface area contributed by atoms with E-state index in [1.165, 1.54) is 0 Å². The number of anilines is 1.